The summed E-state index contributed by atoms with van der Waals surface area (Å²) in [5.41, 5.74) is 2.01. The van der Waals surface area contributed by atoms with Crippen molar-refractivity contribution >= 4 is 17.5 Å². The molecule has 0 atom stereocenters. The van der Waals surface area contributed by atoms with E-state index in [0.717, 1.165) is 5.56 Å². The molecule has 1 heterocycles. The van der Waals surface area contributed by atoms with Crippen LogP contribution in [0.15, 0.2) is 67.0 Å². The van der Waals surface area contributed by atoms with Gasteiger partial charge in [0.15, 0.2) is 0 Å². The molecule has 3 aromatic rings. The van der Waals surface area contributed by atoms with Gasteiger partial charge in [-0.25, -0.2) is 14.4 Å². The van der Waals surface area contributed by atoms with E-state index in [0.29, 0.717) is 23.7 Å². The molecule has 0 saturated carbocycles. The SMILES string of the molecule is CC(C)N(Cc1ccccc1)c1ncc(C(=O)Nc2ccc(F)cc2)cn1. The predicted molar refractivity (Wildman–Crippen MR) is 104 cm³/mol. The molecule has 1 N–H and O–H groups in total. The van der Waals surface area contributed by atoms with Gasteiger partial charge in [0.2, 0.25) is 5.95 Å². The maximum Gasteiger partial charge on any atom is 0.258 e. The van der Waals surface area contributed by atoms with Crippen LogP contribution in [-0.2, 0) is 6.54 Å². The van der Waals surface area contributed by atoms with E-state index in [4.69, 9.17) is 0 Å². The van der Waals surface area contributed by atoms with Crippen molar-refractivity contribution in [3.8, 4) is 0 Å². The second-order valence-corrected chi connectivity index (χ2v) is 6.44. The number of anilines is 2. The summed E-state index contributed by atoms with van der Waals surface area (Å²) in [4.78, 5) is 23.1. The van der Waals surface area contributed by atoms with Gasteiger partial charge in [0, 0.05) is 30.7 Å². The van der Waals surface area contributed by atoms with Gasteiger partial charge in [-0.3, -0.25) is 4.79 Å². The number of halogens is 1. The second kappa shape index (κ2) is 8.40. The molecule has 2 aromatic carbocycles. The molecule has 0 bridgehead atoms. The molecule has 5 nitrogen and oxygen atoms in total. The van der Waals surface area contributed by atoms with Crippen molar-refractivity contribution < 1.29 is 9.18 Å². The molecular weight excluding hydrogens is 343 g/mol. The van der Waals surface area contributed by atoms with Crippen LogP contribution in [0.4, 0.5) is 16.0 Å². The zero-order valence-corrected chi connectivity index (χ0v) is 15.3. The largest absolute Gasteiger partial charge is 0.334 e. The Kier molecular flexibility index (Phi) is 5.76. The van der Waals surface area contributed by atoms with Gasteiger partial charge in [0.25, 0.3) is 5.91 Å². The second-order valence-electron chi connectivity index (χ2n) is 6.44. The molecule has 0 radical (unpaired) electrons. The Morgan fingerprint density at radius 3 is 2.26 bits per heavy atom. The Morgan fingerprint density at radius 2 is 1.67 bits per heavy atom. The highest BCUT2D eigenvalue weighted by atomic mass is 19.1. The van der Waals surface area contributed by atoms with Crippen LogP contribution < -0.4 is 10.2 Å². The Hall–Kier alpha value is -3.28. The molecule has 27 heavy (non-hydrogen) atoms. The molecule has 0 spiro atoms. The van der Waals surface area contributed by atoms with Crippen LogP contribution in [-0.4, -0.2) is 21.9 Å². The minimum atomic E-state index is -0.354. The van der Waals surface area contributed by atoms with Crippen molar-refractivity contribution in [2.45, 2.75) is 26.4 Å². The van der Waals surface area contributed by atoms with Crippen molar-refractivity contribution in [1.29, 1.82) is 0 Å². The van der Waals surface area contributed by atoms with Crippen molar-refractivity contribution in [3.63, 3.8) is 0 Å². The third-order valence-electron chi connectivity index (χ3n) is 4.08. The molecule has 1 amide bonds. The number of aromatic nitrogens is 2. The summed E-state index contributed by atoms with van der Waals surface area (Å²) in [5.74, 6) is -0.132. The van der Waals surface area contributed by atoms with Crippen molar-refractivity contribution in [2.75, 3.05) is 10.2 Å². The zero-order valence-electron chi connectivity index (χ0n) is 15.3. The van der Waals surface area contributed by atoms with Gasteiger partial charge in [0.1, 0.15) is 5.82 Å². The minimum absolute atomic E-state index is 0.198. The highest BCUT2D eigenvalue weighted by Gasteiger charge is 2.15. The molecular formula is C21H21FN4O. The zero-order chi connectivity index (χ0) is 19.2. The van der Waals surface area contributed by atoms with E-state index < -0.39 is 0 Å². The summed E-state index contributed by atoms with van der Waals surface area (Å²) in [6.07, 6.45) is 3.00. The van der Waals surface area contributed by atoms with Crippen LogP contribution in [0.3, 0.4) is 0 Å². The first kappa shape index (κ1) is 18.5. The predicted octanol–water partition coefficient (Wildman–Crippen LogP) is 4.28. The molecule has 138 valence electrons. The standard InChI is InChI=1S/C21H21FN4O/c1-15(2)26(14-16-6-4-3-5-7-16)21-23-12-17(13-24-21)20(27)25-19-10-8-18(22)9-11-19/h3-13,15H,14H2,1-2H3,(H,25,27). The molecule has 0 aliphatic carbocycles. The molecule has 0 saturated heterocycles. The van der Waals surface area contributed by atoms with E-state index in [9.17, 15) is 9.18 Å². The number of nitrogens with one attached hydrogen (secondary N) is 1. The average Bonchev–Trinajstić information content (AvgIpc) is 2.68. The fourth-order valence-electron chi connectivity index (χ4n) is 2.59. The summed E-state index contributed by atoms with van der Waals surface area (Å²) < 4.78 is 13.0. The molecule has 3 rings (SSSR count). The smallest absolute Gasteiger partial charge is 0.258 e. The highest BCUT2D eigenvalue weighted by Crippen LogP contribution is 2.16. The molecule has 6 heteroatoms. The van der Waals surface area contributed by atoms with Gasteiger partial charge in [-0.05, 0) is 43.7 Å². The molecule has 0 aliphatic rings. The fourth-order valence-corrected chi connectivity index (χ4v) is 2.59. The van der Waals surface area contributed by atoms with Gasteiger partial charge in [0.05, 0.1) is 5.56 Å². The Bertz CT molecular complexity index is 880. The summed E-state index contributed by atoms with van der Waals surface area (Å²) >= 11 is 0. The van der Waals surface area contributed by atoms with E-state index >= 15 is 0 Å². The number of benzene rings is 2. The third kappa shape index (κ3) is 4.88. The summed E-state index contributed by atoms with van der Waals surface area (Å²) in [6, 6.07) is 15.9. The number of rotatable bonds is 6. The number of hydrogen-bond donors (Lipinski definition) is 1. The Labute approximate surface area is 157 Å². The number of amides is 1. The summed E-state index contributed by atoms with van der Waals surface area (Å²) in [6.45, 7) is 4.82. The lowest BCUT2D eigenvalue weighted by molar-refractivity contribution is 0.102. The maximum atomic E-state index is 13.0. The molecule has 0 fully saturated rings. The van der Waals surface area contributed by atoms with E-state index in [2.05, 4.69) is 46.2 Å². The lowest BCUT2D eigenvalue weighted by Crippen LogP contribution is -2.31. The monoisotopic (exact) mass is 364 g/mol. The Balaban J connectivity index is 1.72. The maximum absolute atomic E-state index is 13.0. The molecule has 0 unspecified atom stereocenters. The van der Waals surface area contributed by atoms with Crippen LogP contribution >= 0.6 is 0 Å². The van der Waals surface area contributed by atoms with Crippen LogP contribution in [0.2, 0.25) is 0 Å². The van der Waals surface area contributed by atoms with Crippen LogP contribution in [0.1, 0.15) is 29.8 Å². The summed E-state index contributed by atoms with van der Waals surface area (Å²) in [7, 11) is 0. The minimum Gasteiger partial charge on any atom is -0.334 e. The van der Waals surface area contributed by atoms with Gasteiger partial charge in [-0.1, -0.05) is 30.3 Å². The number of carbonyl (C=O) groups excluding carboxylic acids is 1. The topological polar surface area (TPSA) is 58.1 Å². The summed E-state index contributed by atoms with van der Waals surface area (Å²) in [5, 5.41) is 2.70. The fraction of sp³-hybridized carbons (Fsp3) is 0.190. The van der Waals surface area contributed by atoms with E-state index in [1.807, 2.05) is 18.2 Å². The first-order valence-corrected chi connectivity index (χ1v) is 8.72. The number of nitrogens with zero attached hydrogens (tertiary/aromatic N) is 3. The van der Waals surface area contributed by atoms with E-state index in [1.54, 1.807) is 0 Å². The highest BCUT2D eigenvalue weighted by molar-refractivity contribution is 6.03. The molecule has 0 aliphatic heterocycles. The van der Waals surface area contributed by atoms with Crippen molar-refractivity contribution in [3.05, 3.63) is 83.9 Å². The van der Waals surface area contributed by atoms with Gasteiger partial charge < -0.3 is 10.2 Å². The van der Waals surface area contributed by atoms with Crippen LogP contribution in [0.5, 0.6) is 0 Å². The van der Waals surface area contributed by atoms with Gasteiger partial charge in [-0.15, -0.1) is 0 Å². The lowest BCUT2D eigenvalue weighted by atomic mass is 10.2. The van der Waals surface area contributed by atoms with E-state index in [1.165, 1.54) is 36.7 Å². The quantitative estimate of drug-likeness (QED) is 0.709. The Morgan fingerprint density at radius 1 is 1.04 bits per heavy atom. The lowest BCUT2D eigenvalue weighted by Gasteiger charge is -2.26. The van der Waals surface area contributed by atoms with Gasteiger partial charge in [-0.2, -0.15) is 0 Å². The first-order chi connectivity index (χ1) is 13.0. The van der Waals surface area contributed by atoms with Crippen LogP contribution in [0, 0.1) is 5.82 Å². The van der Waals surface area contributed by atoms with E-state index in [-0.39, 0.29) is 17.8 Å². The first-order valence-electron chi connectivity index (χ1n) is 8.72. The average molecular weight is 364 g/mol. The molecule has 1 aromatic heterocycles. The van der Waals surface area contributed by atoms with Crippen molar-refractivity contribution in [2.24, 2.45) is 0 Å². The third-order valence-corrected chi connectivity index (χ3v) is 4.08. The number of hydrogen-bond acceptors (Lipinski definition) is 4. The number of carbonyl (C=O) groups is 1. The normalized spacial score (nSPS) is 10.7. The van der Waals surface area contributed by atoms with Crippen molar-refractivity contribution in [1.82, 2.24) is 9.97 Å². The van der Waals surface area contributed by atoms with Gasteiger partial charge >= 0.3 is 0 Å². The van der Waals surface area contributed by atoms with Crippen LogP contribution in [0.25, 0.3) is 0 Å².